The van der Waals surface area contributed by atoms with E-state index < -0.39 is 5.54 Å². The van der Waals surface area contributed by atoms with Crippen LogP contribution in [0.4, 0.5) is 10.7 Å². The van der Waals surface area contributed by atoms with E-state index in [1.165, 1.54) is 6.92 Å². The molecule has 1 aromatic heterocycles. The molecule has 2 aliphatic heterocycles. The number of amides is 3. The number of anilines is 1. The van der Waals surface area contributed by atoms with Crippen LogP contribution in [0.5, 0.6) is 0 Å². The van der Waals surface area contributed by atoms with E-state index in [0.29, 0.717) is 49.7 Å². The number of carbonyl (C=O) groups is 3. The smallest absolute Gasteiger partial charge is 0.325 e. The summed E-state index contributed by atoms with van der Waals surface area (Å²) in [5.41, 5.74) is 1.29. The molecule has 0 unspecified atom stereocenters. The van der Waals surface area contributed by atoms with Gasteiger partial charge in [0.1, 0.15) is 5.54 Å². The van der Waals surface area contributed by atoms with Crippen LogP contribution < -0.4 is 10.2 Å². The highest BCUT2D eigenvalue weighted by molar-refractivity contribution is 6.07. The van der Waals surface area contributed by atoms with E-state index in [1.807, 2.05) is 35.2 Å². The molecule has 0 radical (unpaired) electrons. The minimum absolute atomic E-state index is 0.0654. The lowest BCUT2D eigenvalue weighted by Gasteiger charge is -2.42. The zero-order valence-electron chi connectivity index (χ0n) is 16.5. The van der Waals surface area contributed by atoms with Gasteiger partial charge in [-0.2, -0.15) is 0 Å². The molecule has 8 nitrogen and oxygen atoms in total. The molecule has 2 fully saturated rings. The summed E-state index contributed by atoms with van der Waals surface area (Å²) in [5.74, 6) is 0.244. The van der Waals surface area contributed by atoms with Gasteiger partial charge in [-0.1, -0.05) is 30.3 Å². The molecule has 0 bridgehead atoms. The standard InChI is InChI=1S/C21H23N5O3/c1-14-17(15(2)27)12-22-19(23-14)25-10-8-21(9-11-25)18(28)24-20(29)26(21)13-16-6-4-3-5-7-16/h3-7,12H,8-11,13H2,1-2H3,(H,24,28,29). The van der Waals surface area contributed by atoms with Gasteiger partial charge in [0, 0.05) is 25.8 Å². The lowest BCUT2D eigenvalue weighted by atomic mass is 9.86. The topological polar surface area (TPSA) is 95.5 Å². The first-order valence-corrected chi connectivity index (χ1v) is 9.67. The highest BCUT2D eigenvalue weighted by atomic mass is 16.2. The number of imide groups is 1. The predicted octanol–water partition coefficient (Wildman–Crippen LogP) is 2.08. The molecule has 4 rings (SSSR count). The summed E-state index contributed by atoms with van der Waals surface area (Å²) in [6.45, 7) is 4.77. The minimum Gasteiger partial charge on any atom is -0.341 e. The molecule has 2 saturated heterocycles. The number of ketones is 1. The number of aromatic nitrogens is 2. The lowest BCUT2D eigenvalue weighted by Crippen LogP contribution is -2.56. The Balaban J connectivity index is 1.53. The average Bonchev–Trinajstić information content (AvgIpc) is 2.93. The van der Waals surface area contributed by atoms with E-state index in [4.69, 9.17) is 0 Å². The van der Waals surface area contributed by atoms with Crippen LogP contribution in [0.1, 0.15) is 41.4 Å². The maximum Gasteiger partial charge on any atom is 0.325 e. The summed E-state index contributed by atoms with van der Waals surface area (Å²) < 4.78 is 0. The highest BCUT2D eigenvalue weighted by Crippen LogP contribution is 2.35. The third-order valence-corrected chi connectivity index (χ3v) is 5.81. The third-order valence-electron chi connectivity index (χ3n) is 5.81. The van der Waals surface area contributed by atoms with Crippen molar-refractivity contribution in [2.45, 2.75) is 38.8 Å². The second-order valence-electron chi connectivity index (χ2n) is 7.57. The molecule has 3 amide bonds. The maximum atomic E-state index is 12.7. The van der Waals surface area contributed by atoms with E-state index in [9.17, 15) is 14.4 Å². The highest BCUT2D eigenvalue weighted by Gasteiger charge is 2.54. The van der Waals surface area contributed by atoms with Gasteiger partial charge in [-0.05, 0) is 32.3 Å². The fourth-order valence-electron chi connectivity index (χ4n) is 4.11. The Hall–Kier alpha value is -3.29. The number of carbonyl (C=O) groups excluding carboxylic acids is 3. The Morgan fingerprint density at radius 1 is 1.17 bits per heavy atom. The first-order valence-electron chi connectivity index (χ1n) is 9.67. The Kier molecular flexibility index (Phi) is 4.77. The summed E-state index contributed by atoms with van der Waals surface area (Å²) in [5, 5.41) is 2.49. The summed E-state index contributed by atoms with van der Waals surface area (Å²) >= 11 is 0. The molecule has 3 heterocycles. The van der Waals surface area contributed by atoms with Gasteiger partial charge in [0.2, 0.25) is 5.95 Å². The lowest BCUT2D eigenvalue weighted by molar-refractivity contribution is -0.127. The molecule has 1 spiro atoms. The fraction of sp³-hybridized carbons (Fsp3) is 0.381. The Morgan fingerprint density at radius 3 is 2.48 bits per heavy atom. The average molecular weight is 393 g/mol. The van der Waals surface area contributed by atoms with Crippen LogP contribution in [0.3, 0.4) is 0 Å². The van der Waals surface area contributed by atoms with Crippen LogP contribution in [0, 0.1) is 6.92 Å². The van der Waals surface area contributed by atoms with Crippen molar-refractivity contribution in [1.29, 1.82) is 0 Å². The molecular formula is C21H23N5O3. The van der Waals surface area contributed by atoms with Gasteiger partial charge in [-0.15, -0.1) is 0 Å². The normalized spacial score (nSPS) is 18.3. The molecule has 2 aromatic rings. The summed E-state index contributed by atoms with van der Waals surface area (Å²) in [7, 11) is 0. The Bertz CT molecular complexity index is 968. The van der Waals surface area contributed by atoms with Crippen LogP contribution >= 0.6 is 0 Å². The van der Waals surface area contributed by atoms with Crippen LogP contribution in [0.25, 0.3) is 0 Å². The number of nitrogens with one attached hydrogen (secondary N) is 1. The molecule has 2 aliphatic rings. The minimum atomic E-state index is -0.849. The largest absolute Gasteiger partial charge is 0.341 e. The number of hydrogen-bond acceptors (Lipinski definition) is 6. The van der Waals surface area contributed by atoms with Gasteiger partial charge >= 0.3 is 6.03 Å². The predicted molar refractivity (Wildman–Crippen MR) is 106 cm³/mol. The second kappa shape index (κ2) is 7.27. The first kappa shape index (κ1) is 19.0. The molecule has 0 atom stereocenters. The van der Waals surface area contributed by atoms with Gasteiger partial charge in [0.05, 0.1) is 11.3 Å². The fourth-order valence-corrected chi connectivity index (χ4v) is 4.11. The number of rotatable bonds is 4. The van der Waals surface area contributed by atoms with Crippen LogP contribution in [0.15, 0.2) is 36.5 Å². The van der Waals surface area contributed by atoms with Crippen LogP contribution in [0.2, 0.25) is 0 Å². The number of aryl methyl sites for hydroxylation is 1. The van der Waals surface area contributed by atoms with Crippen molar-refractivity contribution >= 4 is 23.7 Å². The van der Waals surface area contributed by atoms with Gasteiger partial charge < -0.3 is 9.80 Å². The summed E-state index contributed by atoms with van der Waals surface area (Å²) in [6, 6.07) is 9.32. The summed E-state index contributed by atoms with van der Waals surface area (Å²) in [4.78, 5) is 49.3. The molecular weight excluding hydrogens is 370 g/mol. The van der Waals surface area contributed by atoms with Crippen molar-refractivity contribution in [2.75, 3.05) is 18.0 Å². The van der Waals surface area contributed by atoms with Crippen LogP contribution in [-0.2, 0) is 11.3 Å². The van der Waals surface area contributed by atoms with Crippen molar-refractivity contribution in [2.24, 2.45) is 0 Å². The van der Waals surface area contributed by atoms with E-state index in [-0.39, 0.29) is 17.7 Å². The van der Waals surface area contributed by atoms with Crippen molar-refractivity contribution in [1.82, 2.24) is 20.2 Å². The molecule has 29 heavy (non-hydrogen) atoms. The molecule has 1 N–H and O–H groups in total. The molecule has 0 aliphatic carbocycles. The maximum absolute atomic E-state index is 12.7. The zero-order chi connectivity index (χ0) is 20.6. The van der Waals surface area contributed by atoms with Crippen molar-refractivity contribution in [3.8, 4) is 0 Å². The number of nitrogens with zero attached hydrogens (tertiary/aromatic N) is 4. The quantitative estimate of drug-likeness (QED) is 0.631. The molecule has 150 valence electrons. The van der Waals surface area contributed by atoms with Crippen molar-refractivity contribution in [3.05, 3.63) is 53.3 Å². The van der Waals surface area contributed by atoms with Crippen molar-refractivity contribution < 1.29 is 14.4 Å². The van der Waals surface area contributed by atoms with Crippen LogP contribution in [-0.4, -0.2) is 51.2 Å². The van der Waals surface area contributed by atoms with Gasteiger partial charge in [-0.3, -0.25) is 14.9 Å². The third kappa shape index (κ3) is 3.35. The van der Waals surface area contributed by atoms with E-state index in [0.717, 1.165) is 5.56 Å². The summed E-state index contributed by atoms with van der Waals surface area (Å²) in [6.07, 6.45) is 2.54. The Morgan fingerprint density at radius 2 is 1.86 bits per heavy atom. The monoisotopic (exact) mass is 393 g/mol. The SMILES string of the molecule is CC(=O)c1cnc(N2CCC3(CC2)C(=O)NC(=O)N3Cc2ccccc2)nc1C. The number of Topliss-reactive ketones (excluding diaryl/α,β-unsaturated/α-hetero) is 1. The van der Waals surface area contributed by atoms with E-state index >= 15 is 0 Å². The molecule has 0 saturated carbocycles. The Labute approximate surface area is 168 Å². The number of hydrogen-bond donors (Lipinski definition) is 1. The second-order valence-corrected chi connectivity index (χ2v) is 7.57. The number of piperidine rings is 1. The van der Waals surface area contributed by atoms with Crippen molar-refractivity contribution in [3.63, 3.8) is 0 Å². The van der Waals surface area contributed by atoms with Gasteiger partial charge in [0.25, 0.3) is 5.91 Å². The number of urea groups is 1. The van der Waals surface area contributed by atoms with E-state index in [2.05, 4.69) is 15.3 Å². The molecule has 8 heteroatoms. The zero-order valence-corrected chi connectivity index (χ0v) is 16.5. The van der Waals surface area contributed by atoms with Gasteiger partial charge in [0.15, 0.2) is 5.78 Å². The first-order chi connectivity index (χ1) is 13.9. The molecule has 1 aromatic carbocycles. The number of benzene rings is 1. The van der Waals surface area contributed by atoms with Gasteiger partial charge in [-0.25, -0.2) is 14.8 Å². The van der Waals surface area contributed by atoms with E-state index in [1.54, 1.807) is 18.0 Å².